The quantitative estimate of drug-likeness (QED) is 0.774. The van der Waals surface area contributed by atoms with Crippen LogP contribution >= 0.6 is 0 Å². The smallest absolute Gasteiger partial charge is 0.221 e. The largest absolute Gasteiger partial charge is 0.326 e. The zero-order valence-corrected chi connectivity index (χ0v) is 8.24. The lowest BCUT2D eigenvalue weighted by molar-refractivity contribution is -0.114. The molecule has 0 aromatic heterocycles. The van der Waals surface area contributed by atoms with E-state index >= 15 is 0 Å². The van der Waals surface area contributed by atoms with Crippen molar-refractivity contribution in [3.8, 4) is 6.07 Å². The predicted octanol–water partition coefficient (Wildman–Crippen LogP) is 2.27. The molecule has 3 heteroatoms. The Morgan fingerprint density at radius 1 is 1.43 bits per heavy atom. The Morgan fingerprint density at radius 3 is 2.43 bits per heavy atom. The highest BCUT2D eigenvalue weighted by Gasteiger charge is 2.02. The van der Waals surface area contributed by atoms with Gasteiger partial charge in [0.25, 0.3) is 0 Å². The second-order valence-corrected chi connectivity index (χ2v) is 3.15. The summed E-state index contributed by atoms with van der Waals surface area (Å²) in [5.41, 5.74) is 1.72. The number of carbonyl (C=O) groups is 1. The van der Waals surface area contributed by atoms with Crippen LogP contribution in [0.5, 0.6) is 0 Å². The Hall–Kier alpha value is -1.82. The van der Waals surface area contributed by atoms with Gasteiger partial charge >= 0.3 is 0 Å². The molecule has 1 rings (SSSR count). The number of amides is 1. The molecule has 1 aromatic carbocycles. The standard InChI is InChI=1S/C11H12N2O/c1-8(7-12)10-3-5-11(6-4-10)13-9(2)14/h3-6,8H,1-2H3,(H,13,14)/t8-/m0/s1. The van der Waals surface area contributed by atoms with E-state index in [-0.39, 0.29) is 11.8 Å². The van der Waals surface area contributed by atoms with Gasteiger partial charge in [-0.2, -0.15) is 5.26 Å². The van der Waals surface area contributed by atoms with Crippen molar-refractivity contribution >= 4 is 11.6 Å². The highest BCUT2D eigenvalue weighted by atomic mass is 16.1. The van der Waals surface area contributed by atoms with Crippen molar-refractivity contribution in [3.05, 3.63) is 29.8 Å². The van der Waals surface area contributed by atoms with Crippen LogP contribution in [0.4, 0.5) is 5.69 Å². The summed E-state index contributed by atoms with van der Waals surface area (Å²) in [6.45, 7) is 3.30. The fraction of sp³-hybridized carbons (Fsp3) is 0.273. The number of rotatable bonds is 2. The molecular weight excluding hydrogens is 176 g/mol. The first-order valence-electron chi connectivity index (χ1n) is 4.40. The van der Waals surface area contributed by atoms with Gasteiger partial charge in [-0.05, 0) is 24.6 Å². The van der Waals surface area contributed by atoms with E-state index in [2.05, 4.69) is 11.4 Å². The van der Waals surface area contributed by atoms with Crippen molar-refractivity contribution in [1.29, 1.82) is 5.26 Å². The number of nitriles is 1. The van der Waals surface area contributed by atoms with E-state index in [1.807, 2.05) is 19.1 Å². The molecule has 0 heterocycles. The molecule has 0 unspecified atom stereocenters. The van der Waals surface area contributed by atoms with Crippen molar-refractivity contribution in [2.24, 2.45) is 0 Å². The summed E-state index contributed by atoms with van der Waals surface area (Å²) >= 11 is 0. The molecule has 0 bridgehead atoms. The topological polar surface area (TPSA) is 52.9 Å². The first-order chi connectivity index (χ1) is 6.63. The number of hydrogen-bond acceptors (Lipinski definition) is 2. The molecule has 72 valence electrons. The Labute approximate surface area is 83.4 Å². The number of nitrogens with one attached hydrogen (secondary N) is 1. The summed E-state index contributed by atoms with van der Waals surface area (Å²) in [6.07, 6.45) is 0. The highest BCUT2D eigenvalue weighted by Crippen LogP contribution is 2.16. The van der Waals surface area contributed by atoms with Gasteiger partial charge in [-0.15, -0.1) is 0 Å². The van der Waals surface area contributed by atoms with Crippen LogP contribution in [0, 0.1) is 11.3 Å². The molecule has 1 N–H and O–H groups in total. The van der Waals surface area contributed by atoms with Gasteiger partial charge in [0.05, 0.1) is 12.0 Å². The third-order valence-corrected chi connectivity index (χ3v) is 1.92. The van der Waals surface area contributed by atoms with Crippen molar-refractivity contribution < 1.29 is 4.79 Å². The molecule has 0 saturated carbocycles. The molecule has 1 atom stereocenters. The lowest BCUT2D eigenvalue weighted by Crippen LogP contribution is -2.05. The molecule has 0 aliphatic rings. The summed E-state index contributed by atoms with van der Waals surface area (Å²) in [4.78, 5) is 10.7. The first kappa shape index (κ1) is 10.3. The van der Waals surface area contributed by atoms with Gasteiger partial charge in [0.2, 0.25) is 5.91 Å². The Morgan fingerprint density at radius 2 is 2.00 bits per heavy atom. The monoisotopic (exact) mass is 188 g/mol. The van der Waals surface area contributed by atoms with Gasteiger partial charge in [0, 0.05) is 12.6 Å². The van der Waals surface area contributed by atoms with Crippen LogP contribution in [0.1, 0.15) is 25.3 Å². The summed E-state index contributed by atoms with van der Waals surface area (Å²) in [6, 6.07) is 9.44. The van der Waals surface area contributed by atoms with E-state index < -0.39 is 0 Å². The van der Waals surface area contributed by atoms with E-state index in [0.717, 1.165) is 11.3 Å². The zero-order valence-electron chi connectivity index (χ0n) is 8.24. The summed E-state index contributed by atoms with van der Waals surface area (Å²) in [5, 5.41) is 11.4. The van der Waals surface area contributed by atoms with Crippen molar-refractivity contribution in [3.63, 3.8) is 0 Å². The Bertz CT molecular complexity index is 362. The lowest BCUT2D eigenvalue weighted by atomic mass is 10.0. The fourth-order valence-electron chi connectivity index (χ4n) is 1.13. The molecule has 0 aliphatic heterocycles. The molecule has 0 fully saturated rings. The zero-order chi connectivity index (χ0) is 10.6. The Kier molecular flexibility index (Phi) is 3.24. The maximum absolute atomic E-state index is 10.7. The first-order valence-corrected chi connectivity index (χ1v) is 4.40. The van der Waals surface area contributed by atoms with Crippen LogP contribution in [0.15, 0.2) is 24.3 Å². The van der Waals surface area contributed by atoms with E-state index in [9.17, 15) is 4.79 Å². The second-order valence-electron chi connectivity index (χ2n) is 3.15. The molecule has 1 aromatic rings. The molecule has 3 nitrogen and oxygen atoms in total. The van der Waals surface area contributed by atoms with Gasteiger partial charge in [-0.1, -0.05) is 12.1 Å². The molecule has 1 amide bonds. The van der Waals surface area contributed by atoms with Crippen LogP contribution in [-0.2, 0) is 4.79 Å². The molecule has 0 saturated heterocycles. The van der Waals surface area contributed by atoms with Crippen molar-refractivity contribution in [1.82, 2.24) is 0 Å². The number of nitrogens with zero attached hydrogens (tertiary/aromatic N) is 1. The number of benzene rings is 1. The Balaban J connectivity index is 2.79. The molecular formula is C11H12N2O. The number of hydrogen-bond donors (Lipinski definition) is 1. The van der Waals surface area contributed by atoms with Crippen LogP contribution in [-0.4, -0.2) is 5.91 Å². The highest BCUT2D eigenvalue weighted by molar-refractivity contribution is 5.88. The fourth-order valence-corrected chi connectivity index (χ4v) is 1.13. The minimum absolute atomic E-state index is 0.0916. The van der Waals surface area contributed by atoms with Gasteiger partial charge in [-0.25, -0.2) is 0 Å². The predicted molar refractivity (Wildman–Crippen MR) is 54.8 cm³/mol. The minimum atomic E-state index is -0.110. The molecule has 0 aliphatic carbocycles. The van der Waals surface area contributed by atoms with Crippen molar-refractivity contribution in [2.75, 3.05) is 5.32 Å². The average molecular weight is 188 g/mol. The minimum Gasteiger partial charge on any atom is -0.326 e. The van der Waals surface area contributed by atoms with Gasteiger partial charge in [0.15, 0.2) is 0 Å². The van der Waals surface area contributed by atoms with Crippen LogP contribution in [0.3, 0.4) is 0 Å². The maximum Gasteiger partial charge on any atom is 0.221 e. The number of carbonyl (C=O) groups excluding carboxylic acids is 1. The summed E-state index contributed by atoms with van der Waals surface area (Å²) < 4.78 is 0. The van der Waals surface area contributed by atoms with Crippen LogP contribution in [0.25, 0.3) is 0 Å². The summed E-state index contributed by atoms with van der Waals surface area (Å²) in [5.74, 6) is -0.201. The third-order valence-electron chi connectivity index (χ3n) is 1.92. The van der Waals surface area contributed by atoms with Gasteiger partial charge < -0.3 is 5.32 Å². The third kappa shape index (κ3) is 2.60. The summed E-state index contributed by atoms with van der Waals surface area (Å²) in [7, 11) is 0. The number of anilines is 1. The van der Waals surface area contributed by atoms with Crippen LogP contribution in [0.2, 0.25) is 0 Å². The van der Waals surface area contributed by atoms with E-state index in [0.29, 0.717) is 0 Å². The van der Waals surface area contributed by atoms with Crippen molar-refractivity contribution in [2.45, 2.75) is 19.8 Å². The van der Waals surface area contributed by atoms with Crippen LogP contribution < -0.4 is 5.32 Å². The van der Waals surface area contributed by atoms with Gasteiger partial charge in [-0.3, -0.25) is 4.79 Å². The van der Waals surface area contributed by atoms with E-state index in [4.69, 9.17) is 5.26 Å². The van der Waals surface area contributed by atoms with Gasteiger partial charge in [0.1, 0.15) is 0 Å². The average Bonchev–Trinajstić information content (AvgIpc) is 2.17. The maximum atomic E-state index is 10.7. The normalized spacial score (nSPS) is 11.5. The SMILES string of the molecule is CC(=O)Nc1ccc([C@@H](C)C#N)cc1. The van der Waals surface area contributed by atoms with E-state index in [1.54, 1.807) is 12.1 Å². The molecule has 14 heavy (non-hydrogen) atoms. The second kappa shape index (κ2) is 4.43. The lowest BCUT2D eigenvalue weighted by Gasteiger charge is -2.05. The molecule has 0 spiro atoms. The molecule has 0 radical (unpaired) electrons. The van der Waals surface area contributed by atoms with E-state index in [1.165, 1.54) is 6.92 Å².